The molecule has 2 spiro atoms. The lowest BCUT2D eigenvalue weighted by atomic mass is 9.32. The maximum Gasteiger partial charge on any atom is 0.189 e. The number of fused-ring (bicyclic) bond motifs is 3. The zero-order chi connectivity index (χ0) is 33.9. The van der Waals surface area contributed by atoms with E-state index in [1.807, 2.05) is 30.3 Å². The largest absolute Gasteiger partial charge is 0.394 e. The number of allylic oxidation sites excluding steroid dienone is 4. The number of Topliss-reactive ketones (excluding diaryl/α,β-unsaturated/α-hetero) is 1. The molecule has 0 heterocycles. The van der Waals surface area contributed by atoms with Gasteiger partial charge in [0.25, 0.3) is 0 Å². The number of carbonyl (C=O) groups excluding carboxylic acids is 1. The smallest absolute Gasteiger partial charge is 0.189 e. The topological polar surface area (TPSA) is 101 Å². The minimum absolute atomic E-state index is 0.0603. The molecule has 0 aliphatic heterocycles. The van der Waals surface area contributed by atoms with E-state index in [4.69, 9.17) is 0 Å². The van der Waals surface area contributed by atoms with Gasteiger partial charge >= 0.3 is 0 Å². The lowest BCUT2D eigenvalue weighted by Crippen LogP contribution is -2.67. The summed E-state index contributed by atoms with van der Waals surface area (Å²) in [6.07, 6.45) is 15.3. The first-order chi connectivity index (χ1) is 22.7. The summed E-state index contributed by atoms with van der Waals surface area (Å²) in [4.78, 5) is 17.0. The molecule has 6 fully saturated rings. The molecule has 6 saturated carbocycles. The van der Waals surface area contributed by atoms with Gasteiger partial charge in [0.1, 0.15) is 0 Å². The van der Waals surface area contributed by atoms with Crippen LogP contribution in [0.4, 0.5) is 0 Å². The summed E-state index contributed by atoms with van der Waals surface area (Å²) in [5.41, 5.74) is -0.334. The van der Waals surface area contributed by atoms with Gasteiger partial charge in [-0.15, -0.1) is 0 Å². The zero-order valence-electron chi connectivity index (χ0n) is 29.7. The van der Waals surface area contributed by atoms with Crippen LogP contribution in [0.3, 0.4) is 0 Å². The summed E-state index contributed by atoms with van der Waals surface area (Å²) in [5.74, 6) is 2.47. The normalized spacial score (nSPS) is 47.1. The molecule has 0 amide bonds. The lowest BCUT2D eigenvalue weighted by Gasteiger charge is -2.71. The van der Waals surface area contributed by atoms with E-state index in [0.717, 1.165) is 50.1 Å². The Labute approximate surface area is 287 Å². The Morgan fingerprint density at radius 1 is 0.938 bits per heavy atom. The second-order valence-corrected chi connectivity index (χ2v) is 18.7. The second-order valence-electron chi connectivity index (χ2n) is 18.7. The Kier molecular flexibility index (Phi) is 7.69. The van der Waals surface area contributed by atoms with Crippen LogP contribution in [-0.4, -0.2) is 75.2 Å². The third-order valence-electron chi connectivity index (χ3n) is 16.7. The number of aliphatic hydroxyl groups excluding tert-OH is 3. The highest BCUT2D eigenvalue weighted by atomic mass is 16.3. The van der Waals surface area contributed by atoms with Crippen LogP contribution in [-0.2, 0) is 0 Å². The molecule has 4 bridgehead atoms. The predicted octanol–water partition coefficient (Wildman–Crippen LogP) is 6.19. The van der Waals surface area contributed by atoms with Crippen molar-refractivity contribution in [3.8, 4) is 0 Å². The molecule has 0 radical (unpaired) electrons. The Hall–Kier alpha value is -1.83. The molecule has 262 valence electrons. The van der Waals surface area contributed by atoms with Crippen molar-refractivity contribution in [2.24, 2.45) is 56.7 Å². The van der Waals surface area contributed by atoms with Gasteiger partial charge in [-0.1, -0.05) is 76.3 Å². The molecule has 1 aromatic rings. The first-order valence-corrected chi connectivity index (χ1v) is 19.2. The quantitative estimate of drug-likeness (QED) is 0.187. The standard InChI is InChI=1S/C42H59NO5/c1-37(2)29-11-10-28(32(37)20-29)23-43(24-31(46)25-44)26-41(48)17-14-35-39(41,4)16-13-34-38(3)15-12-30(45)21-40(38)18-19-42(34,35)33(22-40)36(47)27-8-6-5-7-9-27/h5-9,18-19,22,28-32,34-35,44-46,48H,10-17,20-21,23-26H2,1-4H3. The molecule has 9 aliphatic carbocycles. The molecule has 6 nitrogen and oxygen atoms in total. The maximum atomic E-state index is 14.7. The van der Waals surface area contributed by atoms with E-state index < -0.39 is 22.5 Å². The summed E-state index contributed by atoms with van der Waals surface area (Å²) in [5, 5.41) is 44.7. The van der Waals surface area contributed by atoms with Gasteiger partial charge in [-0.2, -0.15) is 0 Å². The molecule has 12 unspecified atom stereocenters. The van der Waals surface area contributed by atoms with Crippen molar-refractivity contribution in [2.45, 2.75) is 110 Å². The summed E-state index contributed by atoms with van der Waals surface area (Å²) >= 11 is 0. The summed E-state index contributed by atoms with van der Waals surface area (Å²) in [7, 11) is 0. The molecule has 48 heavy (non-hydrogen) atoms. The first-order valence-electron chi connectivity index (χ1n) is 19.2. The second kappa shape index (κ2) is 11.1. The van der Waals surface area contributed by atoms with Crippen LogP contribution < -0.4 is 0 Å². The van der Waals surface area contributed by atoms with Crippen molar-refractivity contribution < 1.29 is 25.2 Å². The minimum atomic E-state index is -0.983. The van der Waals surface area contributed by atoms with Crippen molar-refractivity contribution >= 4 is 5.78 Å². The third kappa shape index (κ3) is 4.37. The van der Waals surface area contributed by atoms with E-state index in [1.165, 1.54) is 19.3 Å². The Balaban J connectivity index is 1.16. The minimum Gasteiger partial charge on any atom is -0.394 e. The number of rotatable bonds is 9. The fourth-order valence-electron chi connectivity index (χ4n) is 13.8. The molecular weight excluding hydrogens is 598 g/mol. The number of carbonyl (C=O) groups is 1. The highest BCUT2D eigenvalue weighted by molar-refractivity contribution is 6.10. The van der Waals surface area contributed by atoms with Crippen LogP contribution in [0.2, 0.25) is 0 Å². The summed E-state index contributed by atoms with van der Waals surface area (Å²) in [6, 6.07) is 9.71. The number of hydrogen-bond donors (Lipinski definition) is 4. The number of benzene rings is 1. The van der Waals surface area contributed by atoms with Crippen LogP contribution in [0.25, 0.3) is 0 Å². The Morgan fingerprint density at radius 3 is 2.35 bits per heavy atom. The van der Waals surface area contributed by atoms with E-state index in [0.29, 0.717) is 48.7 Å². The van der Waals surface area contributed by atoms with Gasteiger partial charge in [-0.25, -0.2) is 0 Å². The Bertz CT molecular complexity index is 1500. The van der Waals surface area contributed by atoms with Crippen LogP contribution in [0.15, 0.2) is 54.1 Å². The third-order valence-corrected chi connectivity index (χ3v) is 16.7. The van der Waals surface area contributed by atoms with Gasteiger partial charge in [0, 0.05) is 47.0 Å². The predicted molar refractivity (Wildman–Crippen MR) is 187 cm³/mol. The van der Waals surface area contributed by atoms with Gasteiger partial charge in [0.2, 0.25) is 0 Å². The molecule has 1 aromatic carbocycles. The fourth-order valence-corrected chi connectivity index (χ4v) is 13.8. The summed E-state index contributed by atoms with van der Waals surface area (Å²) in [6.45, 7) is 11.0. The van der Waals surface area contributed by atoms with E-state index in [-0.39, 0.29) is 41.2 Å². The first kappa shape index (κ1) is 33.3. The van der Waals surface area contributed by atoms with Gasteiger partial charge in [0.15, 0.2) is 5.78 Å². The molecule has 0 saturated heterocycles. The van der Waals surface area contributed by atoms with Gasteiger partial charge in [-0.05, 0) is 105 Å². The highest BCUT2D eigenvalue weighted by Crippen LogP contribution is 2.78. The highest BCUT2D eigenvalue weighted by Gasteiger charge is 2.74. The van der Waals surface area contributed by atoms with Gasteiger partial charge < -0.3 is 20.4 Å². The molecule has 0 aromatic heterocycles. The summed E-state index contributed by atoms with van der Waals surface area (Å²) < 4.78 is 0. The average Bonchev–Trinajstić information content (AvgIpc) is 3.34. The number of hydrogen-bond acceptors (Lipinski definition) is 6. The molecule has 12 atom stereocenters. The molecule has 6 heteroatoms. The van der Waals surface area contributed by atoms with E-state index >= 15 is 0 Å². The van der Waals surface area contributed by atoms with E-state index in [9.17, 15) is 25.2 Å². The zero-order valence-corrected chi connectivity index (χ0v) is 29.7. The van der Waals surface area contributed by atoms with Gasteiger partial charge in [-0.3, -0.25) is 9.69 Å². The fraction of sp³-hybridized carbons (Fsp3) is 0.738. The van der Waals surface area contributed by atoms with Crippen molar-refractivity contribution in [1.82, 2.24) is 4.90 Å². The van der Waals surface area contributed by atoms with Crippen LogP contribution >= 0.6 is 0 Å². The van der Waals surface area contributed by atoms with E-state index in [2.05, 4.69) is 50.8 Å². The average molecular weight is 658 g/mol. The van der Waals surface area contributed by atoms with Crippen LogP contribution in [0.1, 0.15) is 102 Å². The molecular formula is C42H59NO5. The lowest BCUT2D eigenvalue weighted by molar-refractivity contribution is -0.179. The molecule has 10 rings (SSSR count). The van der Waals surface area contributed by atoms with Gasteiger partial charge in [0.05, 0.1) is 24.4 Å². The van der Waals surface area contributed by atoms with Crippen molar-refractivity contribution in [2.75, 3.05) is 26.2 Å². The van der Waals surface area contributed by atoms with Crippen LogP contribution in [0.5, 0.6) is 0 Å². The SMILES string of the molecule is CC1(C)C2CCC(CN(CC(O)CO)CC3(O)CCC4C56C=CC7(C=C5C(=O)c5ccccc5)CC(O)CCC7(C)C6CCC43C)C1C2. The number of aliphatic hydroxyl groups is 4. The Morgan fingerprint density at radius 2 is 1.65 bits per heavy atom. The van der Waals surface area contributed by atoms with Crippen molar-refractivity contribution in [3.05, 3.63) is 59.7 Å². The molecule has 9 aliphatic rings. The monoisotopic (exact) mass is 657 g/mol. The molecule has 4 N–H and O–H groups in total. The van der Waals surface area contributed by atoms with E-state index in [1.54, 1.807) is 0 Å². The maximum absolute atomic E-state index is 14.7. The van der Waals surface area contributed by atoms with Crippen molar-refractivity contribution in [3.63, 3.8) is 0 Å². The van der Waals surface area contributed by atoms with Crippen LogP contribution in [0, 0.1) is 56.7 Å². The number of ketones is 1. The number of nitrogens with zero attached hydrogens (tertiary/aromatic N) is 1. The van der Waals surface area contributed by atoms with Crippen molar-refractivity contribution in [1.29, 1.82) is 0 Å².